The van der Waals surface area contributed by atoms with Crippen LogP contribution in [0.5, 0.6) is 0 Å². The number of piperazine rings is 1. The highest BCUT2D eigenvalue weighted by Gasteiger charge is 2.17. The lowest BCUT2D eigenvalue weighted by Crippen LogP contribution is -2.44. The zero-order valence-corrected chi connectivity index (χ0v) is 24.4. The molecule has 8 nitrogen and oxygen atoms in total. The average molecular weight is 554 g/mol. The summed E-state index contributed by atoms with van der Waals surface area (Å²) in [5.41, 5.74) is 6.58. The van der Waals surface area contributed by atoms with Crippen molar-refractivity contribution in [2.75, 3.05) is 48.8 Å². The van der Waals surface area contributed by atoms with E-state index in [1.807, 2.05) is 39.0 Å². The number of nitrogens with zero attached hydrogens (tertiary/aromatic N) is 3. The van der Waals surface area contributed by atoms with Gasteiger partial charge in [-0.3, -0.25) is 4.79 Å². The van der Waals surface area contributed by atoms with Gasteiger partial charge in [0.15, 0.2) is 0 Å². The fourth-order valence-corrected chi connectivity index (χ4v) is 4.62. The van der Waals surface area contributed by atoms with E-state index in [-0.39, 0.29) is 12.0 Å². The molecule has 0 radical (unpaired) electrons. The molecule has 1 aromatic heterocycles. The second-order valence-corrected chi connectivity index (χ2v) is 10.6. The van der Waals surface area contributed by atoms with Crippen molar-refractivity contribution in [2.24, 2.45) is 0 Å². The summed E-state index contributed by atoms with van der Waals surface area (Å²) in [4.78, 5) is 33.9. The van der Waals surface area contributed by atoms with Gasteiger partial charge in [-0.25, -0.2) is 9.78 Å². The Balaban J connectivity index is 1.58. The van der Waals surface area contributed by atoms with Crippen molar-refractivity contribution in [3.05, 3.63) is 102 Å². The Morgan fingerprint density at radius 1 is 1.02 bits per heavy atom. The van der Waals surface area contributed by atoms with Crippen LogP contribution in [0.4, 0.5) is 17.2 Å². The van der Waals surface area contributed by atoms with Crippen LogP contribution in [0.15, 0.2) is 74.0 Å². The predicted octanol–water partition coefficient (Wildman–Crippen LogP) is 5.51. The Labute approximate surface area is 242 Å². The smallest absolute Gasteiger partial charge is 0.339 e. The summed E-state index contributed by atoms with van der Waals surface area (Å²) in [7, 11) is 2.15. The van der Waals surface area contributed by atoms with Crippen LogP contribution in [0.3, 0.4) is 0 Å². The van der Waals surface area contributed by atoms with Crippen LogP contribution in [0.2, 0.25) is 0 Å². The minimum atomic E-state index is -0.429. The molecule has 2 aromatic carbocycles. The first-order valence-corrected chi connectivity index (χ1v) is 13.9. The Bertz CT molecular complexity index is 1420. The molecule has 1 aliphatic heterocycles. The van der Waals surface area contributed by atoms with E-state index in [4.69, 9.17) is 4.74 Å². The van der Waals surface area contributed by atoms with Crippen LogP contribution in [-0.2, 0) is 16.0 Å². The third kappa shape index (κ3) is 7.83. The number of hydrogen-bond donors (Lipinski definition) is 2. The van der Waals surface area contributed by atoms with E-state index in [9.17, 15) is 9.59 Å². The van der Waals surface area contributed by atoms with E-state index in [1.165, 1.54) is 18.0 Å². The van der Waals surface area contributed by atoms with Crippen molar-refractivity contribution >= 4 is 34.8 Å². The number of benzene rings is 2. The summed E-state index contributed by atoms with van der Waals surface area (Å²) in [5, 5.41) is 6.22. The average Bonchev–Trinajstić information content (AvgIpc) is 2.95. The molecule has 1 amide bonds. The molecule has 4 rings (SSSR count). The highest BCUT2D eigenvalue weighted by atomic mass is 16.5. The summed E-state index contributed by atoms with van der Waals surface area (Å²) < 4.78 is 5.41. The number of pyridine rings is 1. The zero-order valence-electron chi connectivity index (χ0n) is 24.4. The number of aromatic nitrogens is 1. The molecular formula is C33H39N5O3. The first-order valence-electron chi connectivity index (χ1n) is 13.9. The zero-order chi connectivity index (χ0) is 29.5. The summed E-state index contributed by atoms with van der Waals surface area (Å²) >= 11 is 0. The van der Waals surface area contributed by atoms with Crippen molar-refractivity contribution in [1.82, 2.24) is 9.88 Å². The monoisotopic (exact) mass is 553 g/mol. The molecule has 8 heteroatoms. The Morgan fingerprint density at radius 2 is 1.73 bits per heavy atom. The number of ether oxygens (including phenoxy) is 1. The van der Waals surface area contributed by atoms with E-state index in [1.54, 1.807) is 6.07 Å². The third-order valence-electron chi connectivity index (χ3n) is 7.04. The molecule has 41 heavy (non-hydrogen) atoms. The maximum Gasteiger partial charge on any atom is 0.339 e. The van der Waals surface area contributed by atoms with Crippen LogP contribution >= 0.6 is 0 Å². The van der Waals surface area contributed by atoms with E-state index in [0.717, 1.165) is 48.4 Å². The van der Waals surface area contributed by atoms with Gasteiger partial charge in [-0.1, -0.05) is 37.4 Å². The molecular weight excluding hydrogens is 514 g/mol. The van der Waals surface area contributed by atoms with Gasteiger partial charge in [0.1, 0.15) is 5.82 Å². The molecule has 0 saturated carbocycles. The van der Waals surface area contributed by atoms with Gasteiger partial charge in [0.05, 0.1) is 11.7 Å². The number of carbonyl (C=O) groups is 2. The molecule has 2 heterocycles. The number of rotatable bonds is 10. The Kier molecular flexibility index (Phi) is 9.57. The van der Waals surface area contributed by atoms with Crippen LogP contribution in [-0.4, -0.2) is 61.1 Å². The molecule has 1 saturated heterocycles. The molecule has 1 fully saturated rings. The second kappa shape index (κ2) is 13.3. The first-order chi connectivity index (χ1) is 19.6. The molecule has 214 valence electrons. The number of likely N-dealkylation sites (N-methyl/N-ethyl adjacent to an activating group) is 1. The lowest BCUT2D eigenvalue weighted by Gasteiger charge is -2.34. The molecule has 0 spiro atoms. The first kappa shape index (κ1) is 29.6. The lowest BCUT2D eigenvalue weighted by atomic mass is 10.0. The fraction of sp³-hybridized carbons (Fsp3) is 0.303. The Hall–Kier alpha value is -4.43. The van der Waals surface area contributed by atoms with Gasteiger partial charge >= 0.3 is 5.97 Å². The molecule has 0 unspecified atom stereocenters. The van der Waals surface area contributed by atoms with Gasteiger partial charge in [0.2, 0.25) is 5.91 Å². The summed E-state index contributed by atoms with van der Waals surface area (Å²) in [5.74, 6) is -0.111. The number of amides is 1. The Morgan fingerprint density at radius 3 is 2.39 bits per heavy atom. The maximum absolute atomic E-state index is 12.7. The molecule has 1 aliphatic rings. The molecule has 0 atom stereocenters. The highest BCUT2D eigenvalue weighted by molar-refractivity contribution is 5.99. The van der Waals surface area contributed by atoms with Crippen LogP contribution in [0, 0.1) is 6.92 Å². The molecule has 0 bridgehead atoms. The topological polar surface area (TPSA) is 86.8 Å². The summed E-state index contributed by atoms with van der Waals surface area (Å²) in [6.07, 6.45) is 2.98. The van der Waals surface area contributed by atoms with Crippen molar-refractivity contribution in [1.29, 1.82) is 0 Å². The normalized spacial score (nSPS) is 13.5. The maximum atomic E-state index is 12.7. The van der Waals surface area contributed by atoms with E-state index in [0.29, 0.717) is 29.2 Å². The van der Waals surface area contributed by atoms with E-state index in [2.05, 4.69) is 69.9 Å². The van der Waals surface area contributed by atoms with Crippen LogP contribution in [0.1, 0.15) is 46.5 Å². The van der Waals surface area contributed by atoms with Crippen molar-refractivity contribution in [3.63, 3.8) is 0 Å². The van der Waals surface area contributed by atoms with Gasteiger partial charge in [0.25, 0.3) is 0 Å². The van der Waals surface area contributed by atoms with Crippen molar-refractivity contribution < 1.29 is 14.3 Å². The molecule has 0 aliphatic carbocycles. The van der Waals surface area contributed by atoms with Crippen LogP contribution < -0.4 is 15.5 Å². The minimum Gasteiger partial charge on any atom is -0.459 e. The number of aryl methyl sites for hydroxylation is 1. The number of anilines is 3. The SMILES string of the molecule is C=CC(=O)Nc1cc(Cc2cc(C(=O)OC(C)C)cnc2NC(=C)c2ccc(N3CCN(C)CC3)cc2)ccc1C. The highest BCUT2D eigenvalue weighted by Crippen LogP contribution is 2.27. The number of carbonyl (C=O) groups excluding carboxylic acids is 2. The lowest BCUT2D eigenvalue weighted by molar-refractivity contribution is -0.111. The van der Waals surface area contributed by atoms with E-state index >= 15 is 0 Å². The second-order valence-electron chi connectivity index (χ2n) is 10.6. The van der Waals surface area contributed by atoms with Crippen molar-refractivity contribution in [3.8, 4) is 0 Å². The van der Waals surface area contributed by atoms with Crippen LogP contribution in [0.25, 0.3) is 5.70 Å². The minimum absolute atomic E-state index is 0.245. The van der Waals surface area contributed by atoms with Gasteiger partial charge in [-0.2, -0.15) is 0 Å². The van der Waals surface area contributed by atoms with Gasteiger partial charge < -0.3 is 25.2 Å². The summed E-state index contributed by atoms with van der Waals surface area (Å²) in [6.45, 7) is 17.5. The largest absolute Gasteiger partial charge is 0.459 e. The third-order valence-corrected chi connectivity index (χ3v) is 7.04. The quantitative estimate of drug-likeness (QED) is 0.253. The van der Waals surface area contributed by atoms with Crippen molar-refractivity contribution in [2.45, 2.75) is 33.3 Å². The van der Waals surface area contributed by atoms with Gasteiger partial charge in [-0.05, 0) is 74.9 Å². The molecule has 3 aromatic rings. The van der Waals surface area contributed by atoms with Gasteiger partial charge in [0, 0.05) is 61.4 Å². The fourth-order valence-electron chi connectivity index (χ4n) is 4.62. The number of esters is 1. The van der Waals surface area contributed by atoms with Gasteiger partial charge in [-0.15, -0.1) is 0 Å². The van der Waals surface area contributed by atoms with E-state index < -0.39 is 5.97 Å². The summed E-state index contributed by atoms with van der Waals surface area (Å²) in [6, 6.07) is 16.0. The predicted molar refractivity (Wildman–Crippen MR) is 166 cm³/mol. The standard InChI is InChI=1S/C33H39N5O3/c1-7-31(39)36-30-19-25(9-8-23(30)4)18-27-20-28(33(40)41-22(2)3)21-34-32(27)35-24(5)26-10-12-29(13-11-26)38-16-14-37(6)15-17-38/h7-13,19-22H,1,5,14-18H2,2-4,6H3,(H,34,35)(H,36,39). The molecule has 2 N–H and O–H groups in total. The number of nitrogens with one attached hydrogen (secondary N) is 2. The number of hydrogen-bond acceptors (Lipinski definition) is 7.